The first kappa shape index (κ1) is 92.2. The molecule has 2 atom stereocenters. The van der Waals surface area contributed by atoms with E-state index in [0.29, 0.717) is 279 Å². The molecule has 0 radical (unpaired) electrons. The highest BCUT2D eigenvalue weighted by atomic mass is 35.5. The summed E-state index contributed by atoms with van der Waals surface area (Å²) in [6.45, 7) is 18.4. The van der Waals surface area contributed by atoms with Gasteiger partial charge in [-0.1, -0.05) is 77.6 Å². The highest BCUT2D eigenvalue weighted by Gasteiger charge is 2.30. The lowest BCUT2D eigenvalue weighted by Gasteiger charge is -2.33. The molecule has 2 aliphatic rings. The molecule has 2 unspecified atom stereocenters. The molecular formula is C76H114Cl4N2O21S2. The van der Waals surface area contributed by atoms with E-state index < -0.39 is 19.7 Å². The molecule has 0 N–H and O–H groups in total. The third-order valence-electron chi connectivity index (χ3n) is 16.7. The van der Waals surface area contributed by atoms with E-state index in [1.807, 2.05) is 38.4 Å². The smallest absolute Gasteiger partial charge is 0.178 e. The number of halogens is 4. The summed E-state index contributed by atoms with van der Waals surface area (Å²) in [5, 5.41) is 2.39. The Hall–Kier alpha value is -3.40. The van der Waals surface area contributed by atoms with Crippen molar-refractivity contribution < 1.29 is 97.5 Å². The van der Waals surface area contributed by atoms with E-state index in [4.69, 9.17) is 117 Å². The van der Waals surface area contributed by atoms with Crippen LogP contribution in [0.2, 0.25) is 20.1 Å². The summed E-state index contributed by atoms with van der Waals surface area (Å²) in [5.41, 5.74) is 5.95. The zero-order valence-electron chi connectivity index (χ0n) is 62.0. The Labute approximate surface area is 644 Å². The minimum absolute atomic E-state index is 0.0102. The lowest BCUT2D eigenvalue weighted by Crippen LogP contribution is -2.31. The summed E-state index contributed by atoms with van der Waals surface area (Å²) >= 11 is 25.7. The number of rotatable bonds is 61. The Kier molecular flexibility index (Phi) is 49.1. The van der Waals surface area contributed by atoms with Gasteiger partial charge < -0.3 is 80.9 Å². The number of likely N-dealkylation sites (N-methyl/N-ethyl adjacent to an activating group) is 2. The minimum Gasteiger partial charge on any atom is -0.382 e. The van der Waals surface area contributed by atoms with Crippen molar-refractivity contribution in [1.82, 2.24) is 9.80 Å². The van der Waals surface area contributed by atoms with Crippen molar-refractivity contribution in [3.63, 3.8) is 0 Å². The summed E-state index contributed by atoms with van der Waals surface area (Å²) < 4.78 is 134. The van der Waals surface area contributed by atoms with Gasteiger partial charge in [-0.05, 0) is 128 Å². The van der Waals surface area contributed by atoms with Crippen LogP contribution in [0.25, 0.3) is 0 Å². The SMILES string of the molecule is CCCOCCOCCOCCOCCOCCOCCC(=O)CCCOCCOCCOCCCS(=O)(=O)c1cccc(C2CN(C)Cc3c(Cl)cc(Cl)cc32)c1.COCCOCCOCCC(=O)CCCOCCOCCOCCCS(=O)(=O)c1cccc(C2CN(C)Cc3c(Cl)cc(Cl)cc32)c1. The number of carbonyl (C=O) groups excluding carboxylic acids is 2. The summed E-state index contributed by atoms with van der Waals surface area (Å²) in [7, 11) is -1.31. The van der Waals surface area contributed by atoms with Gasteiger partial charge in [0, 0.05) is 124 Å². The van der Waals surface area contributed by atoms with Crippen molar-refractivity contribution in [2.24, 2.45) is 0 Å². The highest BCUT2D eigenvalue weighted by Crippen LogP contribution is 2.41. The quantitative estimate of drug-likeness (QED) is 0.0373. The van der Waals surface area contributed by atoms with Crippen molar-refractivity contribution >= 4 is 77.6 Å². The van der Waals surface area contributed by atoms with E-state index in [1.54, 1.807) is 55.6 Å². The van der Waals surface area contributed by atoms with Crippen molar-refractivity contribution in [3.05, 3.63) is 126 Å². The molecule has 0 saturated heterocycles. The summed E-state index contributed by atoms with van der Waals surface area (Å²) in [5.74, 6) is 0.184. The second kappa shape index (κ2) is 55.9. The molecule has 4 aromatic carbocycles. The van der Waals surface area contributed by atoms with Gasteiger partial charge >= 0.3 is 0 Å². The predicted molar refractivity (Wildman–Crippen MR) is 407 cm³/mol. The Morgan fingerprint density at radius 3 is 1.00 bits per heavy atom. The maximum atomic E-state index is 13.2. The van der Waals surface area contributed by atoms with E-state index in [2.05, 4.69) is 16.7 Å². The zero-order chi connectivity index (χ0) is 75.6. The Bertz CT molecular complexity index is 3270. The molecule has 6 rings (SSSR count). The molecule has 0 spiro atoms. The van der Waals surface area contributed by atoms with Crippen molar-refractivity contribution in [3.8, 4) is 0 Å². The lowest BCUT2D eigenvalue weighted by molar-refractivity contribution is -0.121. The number of Topliss-reactive ketones (excluding diaryl/α,β-unsaturated/α-hetero) is 2. The topological polar surface area (TPSA) is 247 Å². The molecule has 2 aliphatic heterocycles. The highest BCUT2D eigenvalue weighted by molar-refractivity contribution is 7.91. The van der Waals surface area contributed by atoms with Gasteiger partial charge in [0.05, 0.1) is 180 Å². The van der Waals surface area contributed by atoms with Gasteiger partial charge in [-0.2, -0.15) is 0 Å². The number of hydrogen-bond donors (Lipinski definition) is 0. The fraction of sp³-hybridized carbons (Fsp3) is 0.658. The molecule has 0 aliphatic carbocycles. The van der Waals surface area contributed by atoms with Crippen molar-refractivity contribution in [1.29, 1.82) is 0 Å². The van der Waals surface area contributed by atoms with Gasteiger partial charge in [-0.15, -0.1) is 0 Å². The van der Waals surface area contributed by atoms with Gasteiger partial charge in [-0.3, -0.25) is 9.59 Å². The van der Waals surface area contributed by atoms with Crippen LogP contribution in [0.3, 0.4) is 0 Å². The predicted octanol–water partition coefficient (Wildman–Crippen LogP) is 11.2. The maximum Gasteiger partial charge on any atom is 0.178 e. The second-order valence-corrected chi connectivity index (χ2v) is 31.2. The van der Waals surface area contributed by atoms with Crippen LogP contribution in [0, 0.1) is 0 Å². The fourth-order valence-corrected chi connectivity index (χ4v) is 15.1. The van der Waals surface area contributed by atoms with Crippen LogP contribution >= 0.6 is 46.4 Å². The number of nitrogens with zero attached hydrogens (tertiary/aromatic N) is 2. The molecule has 23 nitrogen and oxygen atoms in total. The molecule has 0 aromatic heterocycles. The zero-order valence-corrected chi connectivity index (χ0v) is 66.6. The van der Waals surface area contributed by atoms with Crippen LogP contribution in [0.15, 0.2) is 82.6 Å². The molecule has 0 saturated carbocycles. The van der Waals surface area contributed by atoms with E-state index in [1.165, 1.54) is 0 Å². The Morgan fingerprint density at radius 2 is 0.676 bits per heavy atom. The monoisotopic (exact) mass is 1590 g/mol. The summed E-state index contributed by atoms with van der Waals surface area (Å²) in [6, 6.07) is 21.7. The second-order valence-electron chi connectivity index (χ2n) is 25.2. The molecule has 0 amide bonds. The minimum atomic E-state index is -3.50. The molecule has 105 heavy (non-hydrogen) atoms. The number of carbonyl (C=O) groups is 2. The van der Waals surface area contributed by atoms with E-state index in [-0.39, 0.29) is 34.9 Å². The fourth-order valence-electron chi connectivity index (χ4n) is 11.3. The van der Waals surface area contributed by atoms with Gasteiger partial charge in [-0.25, -0.2) is 16.8 Å². The third kappa shape index (κ3) is 39.4. The van der Waals surface area contributed by atoms with Crippen LogP contribution in [0.1, 0.15) is 110 Å². The number of benzene rings is 4. The first-order valence-electron chi connectivity index (χ1n) is 36.5. The first-order chi connectivity index (χ1) is 50.9. The van der Waals surface area contributed by atoms with Gasteiger partial charge in [0.1, 0.15) is 11.6 Å². The number of methoxy groups -OCH3 is 1. The van der Waals surface area contributed by atoms with Crippen molar-refractivity contribution in [2.45, 2.75) is 99.4 Å². The van der Waals surface area contributed by atoms with Crippen LogP contribution < -0.4 is 0 Å². The molecule has 2 heterocycles. The Balaban J connectivity index is 0.000000385. The first-order valence-corrected chi connectivity index (χ1v) is 41.3. The number of fused-ring (bicyclic) bond motifs is 2. The molecule has 594 valence electrons. The van der Waals surface area contributed by atoms with Crippen LogP contribution in [-0.4, -0.2) is 276 Å². The molecule has 0 bridgehead atoms. The normalized spacial score (nSPS) is 14.9. The van der Waals surface area contributed by atoms with Crippen LogP contribution in [0.5, 0.6) is 0 Å². The molecule has 4 aromatic rings. The van der Waals surface area contributed by atoms with Crippen LogP contribution in [0.4, 0.5) is 0 Å². The summed E-state index contributed by atoms with van der Waals surface area (Å²) in [6.07, 6.45) is 4.71. The summed E-state index contributed by atoms with van der Waals surface area (Å²) in [4.78, 5) is 28.9. The van der Waals surface area contributed by atoms with E-state index in [9.17, 15) is 26.4 Å². The number of ketones is 2. The van der Waals surface area contributed by atoms with Crippen LogP contribution in [-0.2, 0) is 113 Å². The van der Waals surface area contributed by atoms with Gasteiger partial charge in [0.15, 0.2) is 19.7 Å². The Morgan fingerprint density at radius 1 is 0.381 bits per heavy atom. The average molecular weight is 1600 g/mol. The third-order valence-corrected chi connectivity index (χ3v) is 21.4. The largest absolute Gasteiger partial charge is 0.382 e. The number of sulfone groups is 2. The lowest BCUT2D eigenvalue weighted by atomic mass is 9.85. The van der Waals surface area contributed by atoms with E-state index in [0.717, 1.165) is 59.5 Å². The molecule has 29 heteroatoms. The average Bonchev–Trinajstić information content (AvgIpc) is 0.780. The molecular weight excluding hydrogens is 1480 g/mol. The maximum absolute atomic E-state index is 13.2. The number of ether oxygens (including phenoxy) is 15. The van der Waals surface area contributed by atoms with Crippen molar-refractivity contribution in [2.75, 3.05) is 237 Å². The van der Waals surface area contributed by atoms with Gasteiger partial charge in [0.25, 0.3) is 0 Å². The van der Waals surface area contributed by atoms with Gasteiger partial charge in [0.2, 0.25) is 0 Å². The molecule has 0 fully saturated rings. The number of hydrogen-bond acceptors (Lipinski definition) is 23. The van der Waals surface area contributed by atoms with E-state index >= 15 is 0 Å². The standard InChI is InChI=1S/C42H65Cl2NO12S.C34H49Cl2NO9S/c1-3-11-49-15-19-53-23-25-56-27-28-57-26-24-55-22-18-52-14-10-37(46)8-5-12-50-16-20-54-21-17-51-13-6-29-58(47,48)38-9-4-7-35(30-38)40-33-45(2)34-41-39(40)31-36(43)32-42(41)44;1-37-25-32(31-23-28(35)24-34(36)33(31)26-37)27-6-3-8-30(22-27)47(39,40)21-5-11-43-16-19-46-18-15-42-10-4-7-29(38)9-12-44-17-20-45-14-13-41-2/h4,7,9,30-32,40H,3,5-6,8,10-29,33-34H2,1-2H3;3,6,8,22-24,32H,4-5,7,9-21,25-26H2,1-2H3.